The molecule has 2 rings (SSSR count). The molecule has 2 aliphatic rings. The van der Waals surface area contributed by atoms with Crippen molar-refractivity contribution in [3.8, 4) is 0 Å². The Kier molecular flexibility index (Phi) is 3.82. The molecule has 2 nitrogen and oxygen atoms in total. The summed E-state index contributed by atoms with van der Waals surface area (Å²) in [4.78, 5) is 2.69. The molecule has 0 saturated heterocycles. The molecule has 2 heteroatoms. The van der Waals surface area contributed by atoms with Crippen molar-refractivity contribution in [2.45, 2.75) is 57.5 Å². The van der Waals surface area contributed by atoms with Crippen LogP contribution in [0, 0.1) is 0 Å². The third kappa shape index (κ3) is 3.58. The first kappa shape index (κ1) is 10.4. The maximum Gasteiger partial charge on any atom is 0.00964 e. The van der Waals surface area contributed by atoms with Gasteiger partial charge >= 0.3 is 0 Å². The second-order valence-electron chi connectivity index (χ2n) is 4.85. The van der Waals surface area contributed by atoms with Crippen LogP contribution in [0.25, 0.3) is 0 Å². The maximum absolute atomic E-state index is 3.59. The molecule has 0 atom stereocenters. The lowest BCUT2D eigenvalue weighted by Crippen LogP contribution is -2.30. The van der Waals surface area contributed by atoms with Crippen molar-refractivity contribution >= 4 is 0 Å². The molecule has 2 fully saturated rings. The molecule has 1 N–H and O–H groups in total. The Morgan fingerprint density at radius 1 is 1.14 bits per heavy atom. The molecule has 0 radical (unpaired) electrons. The first-order valence-electron chi connectivity index (χ1n) is 6.37. The topological polar surface area (TPSA) is 15.3 Å². The molecule has 0 aromatic heterocycles. The molecule has 0 aliphatic heterocycles. The van der Waals surface area contributed by atoms with Crippen LogP contribution in [0.2, 0.25) is 0 Å². The molecule has 0 heterocycles. The zero-order valence-corrected chi connectivity index (χ0v) is 9.47. The average Bonchev–Trinajstić information content (AvgIpc) is 3.03. The van der Waals surface area contributed by atoms with Gasteiger partial charge in [0.15, 0.2) is 0 Å². The smallest absolute Gasteiger partial charge is 0.00964 e. The molecule has 0 aromatic rings. The fourth-order valence-electron chi connectivity index (χ4n) is 2.08. The zero-order chi connectivity index (χ0) is 9.80. The third-order valence-electron chi connectivity index (χ3n) is 3.21. The Morgan fingerprint density at radius 2 is 1.93 bits per heavy atom. The van der Waals surface area contributed by atoms with Gasteiger partial charge in [-0.15, -0.1) is 0 Å². The van der Waals surface area contributed by atoms with Crippen LogP contribution in [0.4, 0.5) is 0 Å². The van der Waals surface area contributed by atoms with Crippen molar-refractivity contribution in [1.29, 1.82) is 0 Å². The zero-order valence-electron chi connectivity index (χ0n) is 9.47. The largest absolute Gasteiger partial charge is 0.314 e. The van der Waals surface area contributed by atoms with Crippen LogP contribution in [0.5, 0.6) is 0 Å². The van der Waals surface area contributed by atoms with Gasteiger partial charge in [-0.1, -0.05) is 6.92 Å². The highest BCUT2D eigenvalue weighted by Gasteiger charge is 2.27. The van der Waals surface area contributed by atoms with Gasteiger partial charge in [0.25, 0.3) is 0 Å². The van der Waals surface area contributed by atoms with Crippen LogP contribution < -0.4 is 5.32 Å². The summed E-state index contributed by atoms with van der Waals surface area (Å²) >= 11 is 0. The molecular weight excluding hydrogens is 172 g/mol. The van der Waals surface area contributed by atoms with E-state index in [2.05, 4.69) is 17.1 Å². The van der Waals surface area contributed by atoms with E-state index >= 15 is 0 Å². The first-order valence-corrected chi connectivity index (χ1v) is 6.37. The normalized spacial score (nSPS) is 21.9. The Bertz CT molecular complexity index is 162. The van der Waals surface area contributed by atoms with Crippen molar-refractivity contribution in [2.24, 2.45) is 0 Å². The summed E-state index contributed by atoms with van der Waals surface area (Å²) in [6, 6.07) is 1.84. The highest BCUT2D eigenvalue weighted by molar-refractivity contribution is 4.85. The Morgan fingerprint density at radius 3 is 2.50 bits per heavy atom. The molecule has 0 bridgehead atoms. The lowest BCUT2D eigenvalue weighted by Gasteiger charge is -2.21. The number of rotatable bonds is 8. The predicted octanol–water partition coefficient (Wildman–Crippen LogP) is 2.00. The number of hydrogen-bond donors (Lipinski definition) is 1. The molecule has 2 aliphatic carbocycles. The minimum absolute atomic E-state index is 0.885. The Labute approximate surface area is 88.1 Å². The van der Waals surface area contributed by atoms with E-state index < -0.39 is 0 Å². The van der Waals surface area contributed by atoms with Gasteiger partial charge in [-0.05, 0) is 58.2 Å². The van der Waals surface area contributed by atoms with Gasteiger partial charge in [0.05, 0.1) is 0 Å². The SMILES string of the molecule is CCCN(CCCNC1CC1)C1CC1. The fraction of sp³-hybridized carbons (Fsp3) is 1.00. The van der Waals surface area contributed by atoms with Gasteiger partial charge in [-0.3, -0.25) is 0 Å². The van der Waals surface area contributed by atoms with Crippen LogP contribution in [-0.4, -0.2) is 36.6 Å². The quantitative estimate of drug-likeness (QED) is 0.597. The molecule has 0 unspecified atom stereocenters. The minimum atomic E-state index is 0.885. The summed E-state index contributed by atoms with van der Waals surface area (Å²) in [5, 5.41) is 3.59. The summed E-state index contributed by atoms with van der Waals surface area (Å²) < 4.78 is 0. The highest BCUT2D eigenvalue weighted by Crippen LogP contribution is 2.26. The second-order valence-corrected chi connectivity index (χ2v) is 4.85. The van der Waals surface area contributed by atoms with Gasteiger partial charge in [0.2, 0.25) is 0 Å². The second kappa shape index (κ2) is 5.13. The van der Waals surface area contributed by atoms with Crippen LogP contribution in [0.15, 0.2) is 0 Å². The third-order valence-corrected chi connectivity index (χ3v) is 3.21. The monoisotopic (exact) mass is 196 g/mol. The first-order chi connectivity index (χ1) is 6.90. The summed E-state index contributed by atoms with van der Waals surface area (Å²) in [7, 11) is 0. The predicted molar refractivity (Wildman–Crippen MR) is 60.5 cm³/mol. The summed E-state index contributed by atoms with van der Waals surface area (Å²) in [5.41, 5.74) is 0. The van der Waals surface area contributed by atoms with Gasteiger partial charge in [-0.2, -0.15) is 0 Å². The van der Waals surface area contributed by atoms with Crippen molar-refractivity contribution in [3.05, 3.63) is 0 Å². The van der Waals surface area contributed by atoms with Gasteiger partial charge in [0, 0.05) is 12.1 Å². The van der Waals surface area contributed by atoms with E-state index in [-0.39, 0.29) is 0 Å². The van der Waals surface area contributed by atoms with Crippen LogP contribution in [0.1, 0.15) is 45.4 Å². The minimum Gasteiger partial charge on any atom is -0.314 e. The molecular formula is C12H24N2. The van der Waals surface area contributed by atoms with Crippen LogP contribution in [-0.2, 0) is 0 Å². The average molecular weight is 196 g/mol. The summed E-state index contributed by atoms with van der Waals surface area (Å²) in [6.45, 7) is 6.15. The maximum atomic E-state index is 3.59. The molecule has 0 spiro atoms. The molecule has 0 amide bonds. The fourth-order valence-corrected chi connectivity index (χ4v) is 2.08. The van der Waals surface area contributed by atoms with E-state index in [4.69, 9.17) is 0 Å². The van der Waals surface area contributed by atoms with Crippen LogP contribution >= 0.6 is 0 Å². The lowest BCUT2D eigenvalue weighted by atomic mass is 10.3. The van der Waals surface area contributed by atoms with Crippen molar-refractivity contribution < 1.29 is 0 Å². The van der Waals surface area contributed by atoms with E-state index in [0.29, 0.717) is 0 Å². The molecule has 0 aromatic carbocycles. The van der Waals surface area contributed by atoms with E-state index in [9.17, 15) is 0 Å². The van der Waals surface area contributed by atoms with E-state index in [1.807, 2.05) is 0 Å². The van der Waals surface area contributed by atoms with Crippen LogP contribution in [0.3, 0.4) is 0 Å². The Balaban J connectivity index is 1.51. The van der Waals surface area contributed by atoms with E-state index in [0.717, 1.165) is 12.1 Å². The molecule has 2 saturated carbocycles. The van der Waals surface area contributed by atoms with Crippen molar-refractivity contribution in [2.75, 3.05) is 19.6 Å². The number of nitrogens with one attached hydrogen (secondary N) is 1. The standard InChI is InChI=1S/C12H24N2/c1-2-9-14(12-6-7-12)10-3-8-13-11-4-5-11/h11-13H,2-10H2,1H3. The van der Waals surface area contributed by atoms with Gasteiger partial charge in [-0.25, -0.2) is 0 Å². The van der Waals surface area contributed by atoms with E-state index in [1.54, 1.807) is 0 Å². The lowest BCUT2D eigenvalue weighted by molar-refractivity contribution is 0.259. The molecule has 14 heavy (non-hydrogen) atoms. The number of nitrogens with zero attached hydrogens (tertiary/aromatic N) is 1. The Hall–Kier alpha value is -0.0800. The number of hydrogen-bond acceptors (Lipinski definition) is 2. The van der Waals surface area contributed by atoms with Gasteiger partial charge in [0.1, 0.15) is 0 Å². The van der Waals surface area contributed by atoms with Gasteiger partial charge < -0.3 is 10.2 Å². The van der Waals surface area contributed by atoms with Crippen molar-refractivity contribution in [3.63, 3.8) is 0 Å². The molecule has 82 valence electrons. The highest BCUT2D eigenvalue weighted by atomic mass is 15.2. The summed E-state index contributed by atoms with van der Waals surface area (Å²) in [6.07, 6.45) is 8.40. The van der Waals surface area contributed by atoms with E-state index in [1.165, 1.54) is 58.2 Å². The van der Waals surface area contributed by atoms with Crippen molar-refractivity contribution in [1.82, 2.24) is 10.2 Å². The summed E-state index contributed by atoms with van der Waals surface area (Å²) in [5.74, 6) is 0.